The van der Waals surface area contributed by atoms with Gasteiger partial charge in [-0.2, -0.15) is 0 Å². The number of nitrogens with zero attached hydrogens (tertiary/aromatic N) is 5. The van der Waals surface area contributed by atoms with Crippen LogP contribution in [0.5, 0.6) is 0 Å². The third-order valence-corrected chi connectivity index (χ3v) is 5.66. The lowest BCUT2D eigenvalue weighted by molar-refractivity contribution is 0.102. The lowest BCUT2D eigenvalue weighted by Gasteiger charge is -2.27. The van der Waals surface area contributed by atoms with E-state index in [0.717, 1.165) is 41.4 Å². The molecule has 0 atom stereocenters. The quantitative estimate of drug-likeness (QED) is 0.540. The topological polar surface area (TPSA) is 75.4 Å². The number of benzene rings is 1. The Labute approximate surface area is 180 Å². The van der Waals surface area contributed by atoms with E-state index in [1.165, 1.54) is 19.3 Å². The summed E-state index contributed by atoms with van der Waals surface area (Å²) in [6.45, 7) is 4.03. The highest BCUT2D eigenvalue weighted by Crippen LogP contribution is 2.24. The summed E-state index contributed by atoms with van der Waals surface area (Å²) in [6, 6.07) is 15.3. The van der Waals surface area contributed by atoms with Crippen LogP contribution < -0.4 is 10.2 Å². The summed E-state index contributed by atoms with van der Waals surface area (Å²) >= 11 is 0. The van der Waals surface area contributed by atoms with Crippen molar-refractivity contribution in [3.63, 3.8) is 0 Å². The fourth-order valence-corrected chi connectivity index (χ4v) is 3.98. The van der Waals surface area contributed by atoms with E-state index in [1.54, 1.807) is 6.07 Å². The normalized spacial score (nSPS) is 14.0. The second-order valence-corrected chi connectivity index (χ2v) is 7.91. The molecule has 4 aromatic rings. The van der Waals surface area contributed by atoms with E-state index >= 15 is 0 Å². The maximum absolute atomic E-state index is 12.7. The fourth-order valence-electron chi connectivity index (χ4n) is 3.98. The molecule has 0 radical (unpaired) electrons. The lowest BCUT2D eigenvalue weighted by atomic mass is 10.1. The van der Waals surface area contributed by atoms with Crippen LogP contribution in [0.2, 0.25) is 0 Å². The van der Waals surface area contributed by atoms with Crippen LogP contribution in [-0.4, -0.2) is 38.6 Å². The van der Waals surface area contributed by atoms with Crippen LogP contribution in [0.3, 0.4) is 0 Å². The van der Waals surface area contributed by atoms with Gasteiger partial charge in [0.1, 0.15) is 5.65 Å². The first kappa shape index (κ1) is 19.2. The number of hydrogen-bond donors (Lipinski definition) is 1. The molecule has 0 bridgehead atoms. The van der Waals surface area contributed by atoms with Crippen molar-refractivity contribution in [3.05, 3.63) is 72.2 Å². The molecule has 1 N–H and O–H groups in total. The average molecular weight is 412 g/mol. The van der Waals surface area contributed by atoms with Crippen molar-refractivity contribution in [2.75, 3.05) is 23.3 Å². The molecule has 1 aromatic carbocycles. The molecule has 1 saturated heterocycles. The fraction of sp³-hybridized carbons (Fsp3) is 0.250. The summed E-state index contributed by atoms with van der Waals surface area (Å²) in [5, 5.41) is 11.3. The second kappa shape index (κ2) is 8.18. The maximum Gasteiger partial charge on any atom is 0.276 e. The number of nitrogens with one attached hydrogen (secondary N) is 1. The Morgan fingerprint density at radius 2 is 1.87 bits per heavy atom. The first-order chi connectivity index (χ1) is 15.2. The average Bonchev–Trinajstić information content (AvgIpc) is 3.26. The van der Waals surface area contributed by atoms with Gasteiger partial charge in [0.2, 0.25) is 0 Å². The molecular weight excluding hydrogens is 388 g/mol. The molecule has 1 aliphatic rings. The SMILES string of the molecule is Cc1cccn2cc(-c3cccc(NC(=O)c4ccc(N5CCCCC5)nn4)c3)nc12. The van der Waals surface area contributed by atoms with E-state index in [2.05, 4.69) is 20.4 Å². The van der Waals surface area contributed by atoms with Gasteiger partial charge in [-0.1, -0.05) is 18.2 Å². The third kappa shape index (κ3) is 3.99. The highest BCUT2D eigenvalue weighted by molar-refractivity contribution is 6.03. The van der Waals surface area contributed by atoms with E-state index in [0.29, 0.717) is 11.4 Å². The minimum absolute atomic E-state index is 0.277. The zero-order chi connectivity index (χ0) is 21.2. The maximum atomic E-state index is 12.7. The number of carbonyl (C=O) groups is 1. The highest BCUT2D eigenvalue weighted by Gasteiger charge is 2.15. The third-order valence-electron chi connectivity index (χ3n) is 5.66. The second-order valence-electron chi connectivity index (χ2n) is 7.91. The predicted octanol–water partition coefficient (Wildman–Crippen LogP) is 4.34. The summed E-state index contributed by atoms with van der Waals surface area (Å²) in [7, 11) is 0. The monoisotopic (exact) mass is 412 g/mol. The van der Waals surface area contributed by atoms with E-state index < -0.39 is 0 Å². The summed E-state index contributed by atoms with van der Waals surface area (Å²) in [4.78, 5) is 19.6. The number of fused-ring (bicyclic) bond motifs is 1. The number of piperidine rings is 1. The number of aryl methyl sites for hydroxylation is 1. The van der Waals surface area contributed by atoms with Crippen LogP contribution in [0, 0.1) is 6.92 Å². The van der Waals surface area contributed by atoms with Crippen LogP contribution in [0.4, 0.5) is 11.5 Å². The Morgan fingerprint density at radius 3 is 2.65 bits per heavy atom. The van der Waals surface area contributed by atoms with Gasteiger partial charge in [-0.15, -0.1) is 10.2 Å². The van der Waals surface area contributed by atoms with Crippen LogP contribution in [-0.2, 0) is 0 Å². The first-order valence-corrected chi connectivity index (χ1v) is 10.6. The van der Waals surface area contributed by atoms with Crippen LogP contribution in [0.15, 0.2) is 60.9 Å². The Kier molecular flexibility index (Phi) is 5.08. The number of carbonyl (C=O) groups excluding carboxylic acids is 1. The molecule has 1 fully saturated rings. The molecule has 0 aliphatic carbocycles. The van der Waals surface area contributed by atoms with Gasteiger partial charge in [0.15, 0.2) is 11.5 Å². The van der Waals surface area contributed by atoms with Crippen molar-refractivity contribution < 1.29 is 4.79 Å². The van der Waals surface area contributed by atoms with Gasteiger partial charge >= 0.3 is 0 Å². The molecule has 7 heteroatoms. The number of hydrogen-bond acceptors (Lipinski definition) is 5. The molecule has 1 aliphatic heterocycles. The van der Waals surface area contributed by atoms with Crippen molar-refractivity contribution in [3.8, 4) is 11.3 Å². The number of amides is 1. The van der Waals surface area contributed by atoms with Gasteiger partial charge in [0.25, 0.3) is 5.91 Å². The molecule has 0 unspecified atom stereocenters. The first-order valence-electron chi connectivity index (χ1n) is 10.6. The van der Waals surface area contributed by atoms with E-state index in [4.69, 9.17) is 4.98 Å². The van der Waals surface area contributed by atoms with Crippen molar-refractivity contribution >= 4 is 23.1 Å². The largest absolute Gasteiger partial charge is 0.355 e. The zero-order valence-corrected chi connectivity index (χ0v) is 17.5. The molecule has 3 aromatic heterocycles. The van der Waals surface area contributed by atoms with E-state index in [9.17, 15) is 4.79 Å². The van der Waals surface area contributed by atoms with Gasteiger partial charge < -0.3 is 14.6 Å². The molecule has 31 heavy (non-hydrogen) atoms. The molecular formula is C24H24N6O. The van der Waals surface area contributed by atoms with Gasteiger partial charge in [-0.3, -0.25) is 4.79 Å². The minimum atomic E-state index is -0.277. The van der Waals surface area contributed by atoms with Crippen LogP contribution in [0.25, 0.3) is 16.9 Å². The summed E-state index contributed by atoms with van der Waals surface area (Å²) < 4.78 is 2.01. The Morgan fingerprint density at radius 1 is 1.00 bits per heavy atom. The van der Waals surface area contributed by atoms with Gasteiger partial charge in [0, 0.05) is 36.7 Å². The van der Waals surface area contributed by atoms with Crippen LogP contribution >= 0.6 is 0 Å². The standard InChI is InChI=1S/C24H24N6O/c1-17-7-6-14-30-16-21(26-23(17)30)18-8-5-9-19(15-18)25-24(31)20-10-11-22(28-27-20)29-12-3-2-4-13-29/h5-11,14-16H,2-4,12-13H2,1H3,(H,25,31). The summed E-state index contributed by atoms with van der Waals surface area (Å²) in [5.41, 5.74) is 4.83. The molecule has 0 saturated carbocycles. The molecule has 7 nitrogen and oxygen atoms in total. The predicted molar refractivity (Wildman–Crippen MR) is 121 cm³/mol. The molecule has 0 spiro atoms. The highest BCUT2D eigenvalue weighted by atomic mass is 16.1. The molecule has 4 heterocycles. The van der Waals surface area contributed by atoms with E-state index in [1.807, 2.05) is 66.2 Å². The van der Waals surface area contributed by atoms with Gasteiger partial charge in [-0.25, -0.2) is 4.98 Å². The Bertz CT molecular complexity index is 1220. The smallest absolute Gasteiger partial charge is 0.276 e. The van der Waals surface area contributed by atoms with Gasteiger partial charge in [0.05, 0.1) is 5.69 Å². The van der Waals surface area contributed by atoms with Crippen molar-refractivity contribution in [1.29, 1.82) is 0 Å². The lowest BCUT2D eigenvalue weighted by Crippen LogP contribution is -2.30. The summed E-state index contributed by atoms with van der Waals surface area (Å²) in [6.07, 6.45) is 7.58. The van der Waals surface area contributed by atoms with E-state index in [-0.39, 0.29) is 5.91 Å². The number of anilines is 2. The minimum Gasteiger partial charge on any atom is -0.355 e. The zero-order valence-electron chi connectivity index (χ0n) is 17.5. The number of rotatable bonds is 4. The Hall–Kier alpha value is -3.74. The number of pyridine rings is 1. The molecule has 5 rings (SSSR count). The molecule has 156 valence electrons. The number of imidazole rings is 1. The number of aromatic nitrogens is 4. The van der Waals surface area contributed by atoms with Gasteiger partial charge in [-0.05, 0) is 62.1 Å². The van der Waals surface area contributed by atoms with Crippen molar-refractivity contribution in [2.24, 2.45) is 0 Å². The molecule has 1 amide bonds. The van der Waals surface area contributed by atoms with Crippen LogP contribution in [0.1, 0.15) is 35.3 Å². The van der Waals surface area contributed by atoms with Crippen molar-refractivity contribution in [2.45, 2.75) is 26.2 Å². The Balaban J connectivity index is 1.33. The van der Waals surface area contributed by atoms with Crippen molar-refractivity contribution in [1.82, 2.24) is 19.6 Å². The summed E-state index contributed by atoms with van der Waals surface area (Å²) in [5.74, 6) is 0.557.